The second kappa shape index (κ2) is 3.99. The summed E-state index contributed by atoms with van der Waals surface area (Å²) >= 11 is 5.99. The van der Waals surface area contributed by atoms with Crippen LogP contribution in [0.4, 0.5) is 5.82 Å². The molecule has 3 aromatic rings. The molecule has 1 aromatic carbocycles. The maximum absolute atomic E-state index is 6.13. The van der Waals surface area contributed by atoms with Crippen LogP contribution in [0.1, 0.15) is 5.69 Å². The number of nitrogens with two attached hydrogens (primary N) is 1. The first-order valence-electron chi connectivity index (χ1n) is 5.52. The number of nitrogens with zero attached hydrogens (tertiary/aromatic N) is 3. The molecular formula is C13H11ClN4. The number of halogens is 1. The van der Waals surface area contributed by atoms with Crippen molar-refractivity contribution < 1.29 is 0 Å². The molecule has 0 aliphatic carbocycles. The van der Waals surface area contributed by atoms with E-state index >= 15 is 0 Å². The molecule has 0 radical (unpaired) electrons. The largest absolute Gasteiger partial charge is 0.383 e. The highest BCUT2D eigenvalue weighted by atomic mass is 35.5. The maximum atomic E-state index is 6.13. The first-order valence-corrected chi connectivity index (χ1v) is 5.90. The summed E-state index contributed by atoms with van der Waals surface area (Å²) in [5, 5.41) is 4.99. The minimum Gasteiger partial charge on any atom is -0.383 e. The molecule has 2 heterocycles. The Labute approximate surface area is 109 Å². The highest BCUT2D eigenvalue weighted by molar-refractivity contribution is 6.30. The summed E-state index contributed by atoms with van der Waals surface area (Å²) in [6.07, 6.45) is 1.75. The summed E-state index contributed by atoms with van der Waals surface area (Å²) in [5.74, 6) is 0.565. The Morgan fingerprint density at radius 2 is 2.11 bits per heavy atom. The fourth-order valence-electron chi connectivity index (χ4n) is 1.94. The van der Waals surface area contributed by atoms with Gasteiger partial charge in [-0.1, -0.05) is 23.7 Å². The van der Waals surface area contributed by atoms with Gasteiger partial charge in [-0.05, 0) is 24.6 Å². The average Bonchev–Trinajstić information content (AvgIpc) is 2.71. The number of fused-ring (bicyclic) bond motifs is 1. The number of hydrogen-bond donors (Lipinski definition) is 1. The smallest absolute Gasteiger partial charge is 0.157 e. The van der Waals surface area contributed by atoms with Gasteiger partial charge in [0, 0.05) is 22.8 Å². The van der Waals surface area contributed by atoms with Crippen LogP contribution in [0.5, 0.6) is 0 Å². The van der Waals surface area contributed by atoms with E-state index in [0.717, 1.165) is 22.5 Å². The molecule has 0 saturated heterocycles. The topological polar surface area (TPSA) is 56.2 Å². The molecule has 3 rings (SSSR count). The molecule has 0 atom stereocenters. The first-order chi connectivity index (χ1) is 8.65. The van der Waals surface area contributed by atoms with Gasteiger partial charge >= 0.3 is 0 Å². The van der Waals surface area contributed by atoms with Crippen molar-refractivity contribution in [2.45, 2.75) is 6.92 Å². The van der Waals surface area contributed by atoms with Gasteiger partial charge in [0.05, 0.1) is 5.69 Å². The first kappa shape index (κ1) is 11.0. The number of nitrogen functional groups attached to an aromatic ring is 1. The third kappa shape index (κ3) is 1.71. The molecule has 0 spiro atoms. The lowest BCUT2D eigenvalue weighted by Gasteiger charge is -2.07. The molecule has 0 unspecified atom stereocenters. The molecule has 0 amide bonds. The quantitative estimate of drug-likeness (QED) is 0.730. The minimum absolute atomic E-state index is 0.565. The van der Waals surface area contributed by atoms with Crippen LogP contribution in [0.3, 0.4) is 0 Å². The van der Waals surface area contributed by atoms with Gasteiger partial charge in [-0.15, -0.1) is 0 Å². The highest BCUT2D eigenvalue weighted by Gasteiger charge is 2.09. The zero-order chi connectivity index (χ0) is 12.7. The van der Waals surface area contributed by atoms with E-state index in [1.807, 2.05) is 37.3 Å². The minimum atomic E-state index is 0.565. The number of aromatic nitrogens is 3. The van der Waals surface area contributed by atoms with Gasteiger partial charge in [0.25, 0.3) is 0 Å². The fraction of sp³-hybridized carbons (Fsp3) is 0.0769. The Hall–Kier alpha value is -2.07. The van der Waals surface area contributed by atoms with Crippen LogP contribution in [-0.2, 0) is 0 Å². The van der Waals surface area contributed by atoms with E-state index in [9.17, 15) is 0 Å². The van der Waals surface area contributed by atoms with Gasteiger partial charge < -0.3 is 5.73 Å². The van der Waals surface area contributed by atoms with Crippen LogP contribution >= 0.6 is 11.6 Å². The SMILES string of the molecule is Cc1cc2ncc(-c3cccc(Cl)c3)c(N)n2n1. The molecule has 0 aliphatic heterocycles. The fourth-order valence-corrected chi connectivity index (χ4v) is 2.13. The van der Waals surface area contributed by atoms with Crippen LogP contribution in [0, 0.1) is 6.92 Å². The Morgan fingerprint density at radius 3 is 2.89 bits per heavy atom. The number of benzene rings is 1. The molecule has 18 heavy (non-hydrogen) atoms. The van der Waals surface area contributed by atoms with E-state index in [1.165, 1.54) is 0 Å². The van der Waals surface area contributed by atoms with Gasteiger partial charge in [-0.25, -0.2) is 4.98 Å². The molecule has 0 aliphatic rings. The van der Waals surface area contributed by atoms with E-state index in [-0.39, 0.29) is 0 Å². The summed E-state index contributed by atoms with van der Waals surface area (Å²) < 4.78 is 1.64. The summed E-state index contributed by atoms with van der Waals surface area (Å²) in [5.41, 5.74) is 9.52. The molecule has 5 heteroatoms. The van der Waals surface area contributed by atoms with Crippen molar-refractivity contribution in [3.8, 4) is 11.1 Å². The van der Waals surface area contributed by atoms with Crippen molar-refractivity contribution in [2.75, 3.05) is 5.73 Å². The number of rotatable bonds is 1. The van der Waals surface area contributed by atoms with Gasteiger partial charge in [0.2, 0.25) is 0 Å². The molecule has 0 bridgehead atoms. The summed E-state index contributed by atoms with van der Waals surface area (Å²) in [7, 11) is 0. The van der Waals surface area contributed by atoms with Crippen molar-refractivity contribution in [3.05, 3.63) is 47.2 Å². The Kier molecular flexibility index (Phi) is 2.45. The van der Waals surface area contributed by atoms with Crippen LogP contribution in [-0.4, -0.2) is 14.6 Å². The molecule has 4 nitrogen and oxygen atoms in total. The zero-order valence-electron chi connectivity index (χ0n) is 9.76. The zero-order valence-corrected chi connectivity index (χ0v) is 10.5. The van der Waals surface area contributed by atoms with Crippen molar-refractivity contribution in [3.63, 3.8) is 0 Å². The van der Waals surface area contributed by atoms with Crippen LogP contribution in [0.15, 0.2) is 36.5 Å². The third-order valence-corrected chi connectivity index (χ3v) is 3.01. The van der Waals surface area contributed by atoms with Crippen molar-refractivity contribution in [1.82, 2.24) is 14.6 Å². The van der Waals surface area contributed by atoms with Gasteiger partial charge in [-0.3, -0.25) is 0 Å². The Morgan fingerprint density at radius 1 is 1.28 bits per heavy atom. The summed E-state index contributed by atoms with van der Waals surface area (Å²) in [6.45, 7) is 1.91. The van der Waals surface area contributed by atoms with Gasteiger partial charge in [-0.2, -0.15) is 9.61 Å². The number of hydrogen-bond acceptors (Lipinski definition) is 3. The molecule has 90 valence electrons. The number of anilines is 1. The van der Waals surface area contributed by atoms with Gasteiger partial charge in [0.1, 0.15) is 5.82 Å². The van der Waals surface area contributed by atoms with Crippen LogP contribution in [0.25, 0.3) is 16.8 Å². The van der Waals surface area contributed by atoms with E-state index in [1.54, 1.807) is 10.7 Å². The lowest BCUT2D eigenvalue weighted by atomic mass is 10.1. The average molecular weight is 259 g/mol. The van der Waals surface area contributed by atoms with Crippen molar-refractivity contribution in [2.24, 2.45) is 0 Å². The Balaban J connectivity index is 2.26. The molecule has 2 aromatic heterocycles. The second-order valence-electron chi connectivity index (χ2n) is 4.12. The second-order valence-corrected chi connectivity index (χ2v) is 4.56. The lowest BCUT2D eigenvalue weighted by molar-refractivity contribution is 0.930. The van der Waals surface area contributed by atoms with E-state index in [2.05, 4.69) is 10.1 Å². The summed E-state index contributed by atoms with van der Waals surface area (Å²) in [6, 6.07) is 9.40. The highest BCUT2D eigenvalue weighted by Crippen LogP contribution is 2.27. The van der Waals surface area contributed by atoms with Crippen molar-refractivity contribution >= 4 is 23.1 Å². The molecule has 0 fully saturated rings. The normalized spacial score (nSPS) is 11.0. The molecular weight excluding hydrogens is 248 g/mol. The standard InChI is InChI=1S/C13H11ClN4/c1-8-5-12-16-7-11(13(15)18(12)17-8)9-3-2-4-10(14)6-9/h2-7H,15H2,1H3. The maximum Gasteiger partial charge on any atom is 0.157 e. The van der Waals surface area contributed by atoms with E-state index in [0.29, 0.717) is 10.8 Å². The molecule has 0 saturated carbocycles. The van der Waals surface area contributed by atoms with Gasteiger partial charge in [0.15, 0.2) is 5.65 Å². The predicted octanol–water partition coefficient (Wildman–Crippen LogP) is 2.94. The number of aryl methyl sites for hydroxylation is 1. The van der Waals surface area contributed by atoms with Crippen LogP contribution in [0.2, 0.25) is 5.02 Å². The molecule has 2 N–H and O–H groups in total. The Bertz CT molecular complexity index is 733. The summed E-state index contributed by atoms with van der Waals surface area (Å²) in [4.78, 5) is 4.35. The lowest BCUT2D eigenvalue weighted by Crippen LogP contribution is -2.02. The predicted molar refractivity (Wildman–Crippen MR) is 72.6 cm³/mol. The van der Waals surface area contributed by atoms with E-state index in [4.69, 9.17) is 17.3 Å². The monoisotopic (exact) mass is 258 g/mol. The third-order valence-electron chi connectivity index (χ3n) is 2.78. The van der Waals surface area contributed by atoms with Crippen molar-refractivity contribution in [1.29, 1.82) is 0 Å². The van der Waals surface area contributed by atoms with E-state index < -0.39 is 0 Å². The van der Waals surface area contributed by atoms with Crippen LogP contribution < -0.4 is 5.73 Å².